The highest BCUT2D eigenvalue weighted by Gasteiger charge is 2.29. The molecule has 1 fully saturated rings. The maximum Gasteiger partial charge on any atom is 0.0856 e. The minimum absolute atomic E-state index is 0.100. The first-order valence-corrected chi connectivity index (χ1v) is 6.09. The Morgan fingerprint density at radius 2 is 2.07 bits per heavy atom. The summed E-state index contributed by atoms with van der Waals surface area (Å²) in [5.41, 5.74) is 0.108. The van der Waals surface area contributed by atoms with Gasteiger partial charge in [-0.1, -0.05) is 20.3 Å². The van der Waals surface area contributed by atoms with E-state index < -0.39 is 0 Å². The number of hydrogen-bond donors (Lipinski definition) is 1. The smallest absolute Gasteiger partial charge is 0.0856 e. The lowest BCUT2D eigenvalue weighted by Crippen LogP contribution is -2.33. The predicted octanol–water partition coefficient (Wildman–Crippen LogP) is 2.99. The van der Waals surface area contributed by atoms with Crippen LogP contribution in [0.4, 0.5) is 0 Å². The average molecular weight is 214 g/mol. The normalized spacial score (nSPS) is 26.6. The standard InChI is InChI=1S/C13H26O2/c1-12(2)7-5-6-11(8-12)9-15-13(3,4)10-14/h11,14H,5-10H2,1-4H3/t11-/m0/s1. The molecule has 1 rings (SSSR count). The number of aliphatic hydroxyl groups is 1. The van der Waals surface area contributed by atoms with Gasteiger partial charge in [-0.3, -0.25) is 0 Å². The van der Waals surface area contributed by atoms with Gasteiger partial charge in [-0.2, -0.15) is 0 Å². The van der Waals surface area contributed by atoms with Crippen molar-refractivity contribution < 1.29 is 9.84 Å². The van der Waals surface area contributed by atoms with E-state index in [9.17, 15) is 0 Å². The highest BCUT2D eigenvalue weighted by Crippen LogP contribution is 2.38. The summed E-state index contributed by atoms with van der Waals surface area (Å²) >= 11 is 0. The van der Waals surface area contributed by atoms with E-state index in [4.69, 9.17) is 9.84 Å². The van der Waals surface area contributed by atoms with E-state index in [1.165, 1.54) is 25.7 Å². The highest BCUT2D eigenvalue weighted by molar-refractivity contribution is 4.80. The Morgan fingerprint density at radius 1 is 1.40 bits per heavy atom. The lowest BCUT2D eigenvalue weighted by atomic mass is 9.72. The molecule has 1 N–H and O–H groups in total. The van der Waals surface area contributed by atoms with Gasteiger partial charge in [-0.05, 0) is 44.4 Å². The summed E-state index contributed by atoms with van der Waals surface area (Å²) in [6, 6.07) is 0. The van der Waals surface area contributed by atoms with Gasteiger partial charge in [-0.25, -0.2) is 0 Å². The van der Waals surface area contributed by atoms with Gasteiger partial charge >= 0.3 is 0 Å². The van der Waals surface area contributed by atoms with Crippen molar-refractivity contribution in [2.45, 2.75) is 59.0 Å². The summed E-state index contributed by atoms with van der Waals surface area (Å²) < 4.78 is 5.76. The van der Waals surface area contributed by atoms with E-state index in [1.54, 1.807) is 0 Å². The van der Waals surface area contributed by atoms with Crippen LogP contribution in [0.5, 0.6) is 0 Å². The van der Waals surface area contributed by atoms with Crippen LogP contribution in [0.15, 0.2) is 0 Å². The molecule has 1 aliphatic rings. The van der Waals surface area contributed by atoms with Gasteiger partial charge in [0.05, 0.1) is 18.8 Å². The molecule has 0 heterocycles. The lowest BCUT2D eigenvalue weighted by molar-refractivity contribution is -0.0759. The summed E-state index contributed by atoms with van der Waals surface area (Å²) in [6.45, 7) is 9.48. The van der Waals surface area contributed by atoms with Crippen molar-refractivity contribution in [3.8, 4) is 0 Å². The van der Waals surface area contributed by atoms with Crippen molar-refractivity contribution in [1.29, 1.82) is 0 Å². The third-order valence-corrected chi connectivity index (χ3v) is 3.40. The van der Waals surface area contributed by atoms with Crippen molar-refractivity contribution in [2.24, 2.45) is 11.3 Å². The summed E-state index contributed by atoms with van der Waals surface area (Å²) in [7, 11) is 0. The van der Waals surface area contributed by atoms with E-state index >= 15 is 0 Å². The monoisotopic (exact) mass is 214 g/mol. The quantitative estimate of drug-likeness (QED) is 0.779. The lowest BCUT2D eigenvalue weighted by Gasteiger charge is -2.36. The molecular formula is C13H26O2. The van der Waals surface area contributed by atoms with Crippen molar-refractivity contribution >= 4 is 0 Å². The van der Waals surface area contributed by atoms with E-state index in [2.05, 4.69) is 13.8 Å². The van der Waals surface area contributed by atoms with Crippen molar-refractivity contribution in [3.05, 3.63) is 0 Å². The van der Waals surface area contributed by atoms with Gasteiger partial charge < -0.3 is 9.84 Å². The van der Waals surface area contributed by atoms with E-state index in [-0.39, 0.29) is 12.2 Å². The molecule has 90 valence electrons. The zero-order valence-electron chi connectivity index (χ0n) is 10.7. The van der Waals surface area contributed by atoms with Gasteiger partial charge in [-0.15, -0.1) is 0 Å². The van der Waals surface area contributed by atoms with Gasteiger partial charge in [0.25, 0.3) is 0 Å². The Balaban J connectivity index is 2.33. The molecule has 1 aliphatic carbocycles. The molecule has 0 unspecified atom stereocenters. The zero-order valence-corrected chi connectivity index (χ0v) is 10.7. The van der Waals surface area contributed by atoms with Gasteiger partial charge in [0.15, 0.2) is 0 Å². The molecule has 0 amide bonds. The fourth-order valence-corrected chi connectivity index (χ4v) is 2.39. The second kappa shape index (κ2) is 4.84. The Hall–Kier alpha value is -0.0800. The van der Waals surface area contributed by atoms with Crippen LogP contribution in [0.25, 0.3) is 0 Å². The van der Waals surface area contributed by atoms with E-state index in [0.29, 0.717) is 11.3 Å². The Morgan fingerprint density at radius 3 is 2.60 bits per heavy atom. The first-order valence-electron chi connectivity index (χ1n) is 6.09. The molecule has 15 heavy (non-hydrogen) atoms. The summed E-state index contributed by atoms with van der Waals surface area (Å²) in [5, 5.41) is 9.10. The van der Waals surface area contributed by atoms with Crippen LogP contribution in [0.1, 0.15) is 53.4 Å². The third-order valence-electron chi connectivity index (χ3n) is 3.40. The van der Waals surface area contributed by atoms with Crippen LogP contribution >= 0.6 is 0 Å². The molecule has 0 aromatic heterocycles. The molecule has 0 bridgehead atoms. The van der Waals surface area contributed by atoms with Gasteiger partial charge in [0.1, 0.15) is 0 Å². The SMILES string of the molecule is CC1(C)CCC[C@H](COC(C)(C)CO)C1. The summed E-state index contributed by atoms with van der Waals surface area (Å²) in [4.78, 5) is 0. The second-order valence-electron chi connectivity index (χ2n) is 6.36. The maximum absolute atomic E-state index is 9.10. The minimum atomic E-state index is -0.373. The maximum atomic E-state index is 9.10. The number of aliphatic hydroxyl groups excluding tert-OH is 1. The number of rotatable bonds is 4. The molecular weight excluding hydrogens is 188 g/mol. The van der Waals surface area contributed by atoms with Crippen molar-refractivity contribution in [2.75, 3.05) is 13.2 Å². The van der Waals surface area contributed by atoms with Crippen LogP contribution in [0, 0.1) is 11.3 Å². The third kappa shape index (κ3) is 4.52. The van der Waals surface area contributed by atoms with Crippen molar-refractivity contribution in [3.63, 3.8) is 0 Å². The Bertz CT molecular complexity index is 197. The first kappa shape index (κ1) is 13.0. The molecule has 0 saturated heterocycles. The molecule has 1 atom stereocenters. The number of hydrogen-bond acceptors (Lipinski definition) is 2. The summed E-state index contributed by atoms with van der Waals surface area (Å²) in [6.07, 6.45) is 5.20. The molecule has 0 radical (unpaired) electrons. The topological polar surface area (TPSA) is 29.5 Å². The van der Waals surface area contributed by atoms with Crippen LogP contribution in [0.3, 0.4) is 0 Å². The van der Waals surface area contributed by atoms with E-state index in [1.807, 2.05) is 13.8 Å². The van der Waals surface area contributed by atoms with Crippen LogP contribution in [-0.4, -0.2) is 23.9 Å². The number of ether oxygens (including phenoxy) is 1. The molecule has 2 heteroatoms. The molecule has 0 aromatic rings. The van der Waals surface area contributed by atoms with Crippen LogP contribution in [0.2, 0.25) is 0 Å². The molecule has 2 nitrogen and oxygen atoms in total. The molecule has 0 spiro atoms. The Kier molecular flexibility index (Phi) is 4.19. The highest BCUT2D eigenvalue weighted by atomic mass is 16.5. The minimum Gasteiger partial charge on any atom is -0.393 e. The largest absolute Gasteiger partial charge is 0.393 e. The zero-order chi connectivity index (χ0) is 11.5. The first-order chi connectivity index (χ1) is 6.85. The van der Waals surface area contributed by atoms with Gasteiger partial charge in [0, 0.05) is 0 Å². The Labute approximate surface area is 94.0 Å². The fraction of sp³-hybridized carbons (Fsp3) is 1.00. The van der Waals surface area contributed by atoms with Gasteiger partial charge in [0.2, 0.25) is 0 Å². The van der Waals surface area contributed by atoms with E-state index in [0.717, 1.165) is 6.61 Å². The molecule has 0 aromatic carbocycles. The van der Waals surface area contributed by atoms with Crippen LogP contribution < -0.4 is 0 Å². The van der Waals surface area contributed by atoms with Crippen molar-refractivity contribution in [1.82, 2.24) is 0 Å². The molecule has 1 saturated carbocycles. The summed E-state index contributed by atoms with van der Waals surface area (Å²) in [5.74, 6) is 0.680. The second-order valence-corrected chi connectivity index (χ2v) is 6.36. The predicted molar refractivity (Wildman–Crippen MR) is 62.9 cm³/mol. The van der Waals surface area contributed by atoms with Crippen LogP contribution in [-0.2, 0) is 4.74 Å². The fourth-order valence-electron chi connectivity index (χ4n) is 2.39. The average Bonchev–Trinajstić information content (AvgIpc) is 2.14. The molecule has 0 aliphatic heterocycles.